The highest BCUT2D eigenvalue weighted by Crippen LogP contribution is 2.26. The molecule has 3 rings (SSSR count). The smallest absolute Gasteiger partial charge is 0.157 e. The summed E-state index contributed by atoms with van der Waals surface area (Å²) in [6, 6.07) is 4.99. The van der Waals surface area contributed by atoms with Gasteiger partial charge in [-0.3, -0.25) is 4.90 Å². The van der Waals surface area contributed by atoms with Crippen LogP contribution in [0, 0.1) is 6.92 Å². The summed E-state index contributed by atoms with van der Waals surface area (Å²) >= 11 is 0. The van der Waals surface area contributed by atoms with Gasteiger partial charge in [0.25, 0.3) is 0 Å². The number of anilines is 1. The van der Waals surface area contributed by atoms with E-state index >= 15 is 0 Å². The van der Waals surface area contributed by atoms with Crippen LogP contribution in [0.25, 0.3) is 5.65 Å². The average Bonchev–Trinajstić information content (AvgIpc) is 3.12. The number of aryl methyl sites for hydroxylation is 1. The van der Waals surface area contributed by atoms with Crippen molar-refractivity contribution in [2.45, 2.75) is 32.7 Å². The number of hydrogen-bond acceptors (Lipinski definition) is 4. The van der Waals surface area contributed by atoms with Crippen LogP contribution < -0.4 is 5.32 Å². The van der Waals surface area contributed by atoms with E-state index in [1.165, 1.54) is 18.4 Å². The van der Waals surface area contributed by atoms with Gasteiger partial charge in [-0.25, -0.2) is 4.98 Å². The Morgan fingerprint density at radius 1 is 1.42 bits per heavy atom. The number of aromatic nitrogens is 3. The highest BCUT2D eigenvalue weighted by Gasteiger charge is 2.27. The van der Waals surface area contributed by atoms with E-state index in [4.69, 9.17) is 0 Å². The topological polar surface area (TPSA) is 45.5 Å². The first kappa shape index (κ1) is 12.4. The lowest BCUT2D eigenvalue weighted by atomic mass is 10.3. The zero-order chi connectivity index (χ0) is 13.2. The lowest BCUT2D eigenvalue weighted by Gasteiger charge is -2.20. The van der Waals surface area contributed by atoms with E-state index in [0.29, 0.717) is 0 Å². The largest absolute Gasteiger partial charge is 0.369 e. The van der Waals surface area contributed by atoms with Crippen LogP contribution in [-0.2, 0) is 0 Å². The van der Waals surface area contributed by atoms with E-state index in [-0.39, 0.29) is 0 Å². The molecule has 0 spiro atoms. The molecule has 0 bridgehead atoms. The van der Waals surface area contributed by atoms with E-state index in [2.05, 4.69) is 40.2 Å². The first-order valence-corrected chi connectivity index (χ1v) is 7.06. The molecule has 2 heterocycles. The third kappa shape index (κ3) is 2.71. The molecular formula is C14H21N5. The van der Waals surface area contributed by atoms with Gasteiger partial charge in [0.2, 0.25) is 0 Å². The van der Waals surface area contributed by atoms with Gasteiger partial charge in [-0.15, -0.1) is 0 Å². The Balaban J connectivity index is 1.66. The molecule has 0 amide bonds. The zero-order valence-electron chi connectivity index (χ0n) is 11.6. The molecule has 2 aromatic rings. The minimum absolute atomic E-state index is 0.829. The van der Waals surface area contributed by atoms with Crippen molar-refractivity contribution >= 4 is 11.5 Å². The first-order chi connectivity index (χ1) is 9.28. The fraction of sp³-hybridized carbons (Fsp3) is 0.571. The van der Waals surface area contributed by atoms with Gasteiger partial charge in [0.15, 0.2) is 5.65 Å². The monoisotopic (exact) mass is 259 g/mol. The van der Waals surface area contributed by atoms with Crippen molar-refractivity contribution in [2.24, 2.45) is 0 Å². The van der Waals surface area contributed by atoms with E-state index < -0.39 is 0 Å². The number of pyridine rings is 1. The molecule has 5 nitrogen and oxygen atoms in total. The van der Waals surface area contributed by atoms with E-state index in [9.17, 15) is 0 Å². The highest BCUT2D eigenvalue weighted by molar-refractivity contribution is 5.51. The first-order valence-electron chi connectivity index (χ1n) is 7.06. The molecular weight excluding hydrogens is 238 g/mol. The third-order valence-electron chi connectivity index (χ3n) is 3.70. The van der Waals surface area contributed by atoms with Gasteiger partial charge in [0.1, 0.15) is 12.1 Å². The van der Waals surface area contributed by atoms with Gasteiger partial charge >= 0.3 is 0 Å². The fourth-order valence-corrected chi connectivity index (χ4v) is 2.55. The molecule has 2 aromatic heterocycles. The van der Waals surface area contributed by atoms with Gasteiger partial charge in [-0.05, 0) is 44.0 Å². The maximum Gasteiger partial charge on any atom is 0.157 e. The SMILES string of the molecule is CCN(CCNc1cc(C)cc2ncnn12)C1CC1. The summed E-state index contributed by atoms with van der Waals surface area (Å²) in [6.45, 7) is 7.50. The third-order valence-corrected chi connectivity index (χ3v) is 3.70. The van der Waals surface area contributed by atoms with E-state index in [0.717, 1.165) is 37.1 Å². The molecule has 1 fully saturated rings. The van der Waals surface area contributed by atoms with E-state index in [1.54, 1.807) is 6.33 Å². The van der Waals surface area contributed by atoms with Crippen LogP contribution >= 0.6 is 0 Å². The zero-order valence-corrected chi connectivity index (χ0v) is 11.6. The average molecular weight is 259 g/mol. The molecule has 1 saturated carbocycles. The molecule has 0 radical (unpaired) electrons. The number of likely N-dealkylation sites (N-methyl/N-ethyl adjacent to an activating group) is 1. The van der Waals surface area contributed by atoms with Crippen LogP contribution in [0.2, 0.25) is 0 Å². The van der Waals surface area contributed by atoms with Crippen LogP contribution in [0.1, 0.15) is 25.3 Å². The summed E-state index contributed by atoms with van der Waals surface area (Å²) in [7, 11) is 0. The van der Waals surface area contributed by atoms with Crippen LogP contribution in [0.5, 0.6) is 0 Å². The van der Waals surface area contributed by atoms with Crippen molar-refractivity contribution in [1.82, 2.24) is 19.5 Å². The Labute approximate surface area is 113 Å². The standard InChI is InChI=1S/C14H21N5/c1-3-18(12-4-5-12)7-6-15-13-8-11(2)9-14-16-10-17-19(13)14/h8-10,12,15H,3-7H2,1-2H3. The summed E-state index contributed by atoms with van der Waals surface area (Å²) in [4.78, 5) is 6.78. The Morgan fingerprint density at radius 2 is 2.26 bits per heavy atom. The van der Waals surface area contributed by atoms with Crippen LogP contribution in [-0.4, -0.2) is 45.2 Å². The maximum atomic E-state index is 4.25. The summed E-state index contributed by atoms with van der Waals surface area (Å²) in [5.74, 6) is 1.03. The molecule has 1 aliphatic carbocycles. The Morgan fingerprint density at radius 3 is 3.00 bits per heavy atom. The molecule has 1 N–H and O–H groups in total. The predicted molar refractivity (Wildman–Crippen MR) is 76.5 cm³/mol. The Bertz CT molecular complexity index is 558. The Hall–Kier alpha value is -1.62. The van der Waals surface area contributed by atoms with Gasteiger partial charge < -0.3 is 5.32 Å². The second kappa shape index (κ2) is 5.17. The van der Waals surface area contributed by atoms with Crippen LogP contribution in [0.15, 0.2) is 18.5 Å². The minimum Gasteiger partial charge on any atom is -0.369 e. The van der Waals surface area contributed by atoms with Crippen molar-refractivity contribution in [2.75, 3.05) is 25.0 Å². The molecule has 0 saturated heterocycles. The van der Waals surface area contributed by atoms with Crippen molar-refractivity contribution in [3.05, 3.63) is 24.0 Å². The quantitative estimate of drug-likeness (QED) is 0.861. The fourth-order valence-electron chi connectivity index (χ4n) is 2.55. The number of fused-ring (bicyclic) bond motifs is 1. The van der Waals surface area contributed by atoms with Gasteiger partial charge in [-0.2, -0.15) is 9.61 Å². The molecule has 5 heteroatoms. The number of rotatable bonds is 6. The van der Waals surface area contributed by atoms with Crippen LogP contribution in [0.4, 0.5) is 5.82 Å². The summed E-state index contributed by atoms with van der Waals surface area (Å²) < 4.78 is 1.86. The minimum atomic E-state index is 0.829. The van der Waals surface area contributed by atoms with Crippen molar-refractivity contribution in [3.63, 3.8) is 0 Å². The number of nitrogens with zero attached hydrogens (tertiary/aromatic N) is 4. The van der Waals surface area contributed by atoms with Crippen molar-refractivity contribution < 1.29 is 0 Å². The second-order valence-corrected chi connectivity index (χ2v) is 5.23. The van der Waals surface area contributed by atoms with Gasteiger partial charge in [0.05, 0.1) is 0 Å². The molecule has 19 heavy (non-hydrogen) atoms. The number of hydrogen-bond donors (Lipinski definition) is 1. The normalized spacial score (nSPS) is 15.3. The summed E-state index contributed by atoms with van der Waals surface area (Å²) in [5.41, 5.74) is 2.11. The van der Waals surface area contributed by atoms with Crippen LogP contribution in [0.3, 0.4) is 0 Å². The van der Waals surface area contributed by atoms with Gasteiger partial charge in [-0.1, -0.05) is 6.92 Å². The van der Waals surface area contributed by atoms with E-state index in [1.807, 2.05) is 10.6 Å². The molecule has 1 aliphatic rings. The predicted octanol–water partition coefficient (Wildman–Crippen LogP) is 1.93. The lowest BCUT2D eigenvalue weighted by molar-refractivity contribution is 0.289. The second-order valence-electron chi connectivity index (χ2n) is 5.23. The van der Waals surface area contributed by atoms with Gasteiger partial charge in [0, 0.05) is 19.1 Å². The van der Waals surface area contributed by atoms with Crippen molar-refractivity contribution in [3.8, 4) is 0 Å². The molecule has 0 unspecified atom stereocenters. The summed E-state index contributed by atoms with van der Waals surface area (Å²) in [6.07, 6.45) is 4.33. The highest BCUT2D eigenvalue weighted by atomic mass is 15.3. The maximum absolute atomic E-state index is 4.25. The van der Waals surface area contributed by atoms with Crippen molar-refractivity contribution in [1.29, 1.82) is 0 Å². The molecule has 0 aliphatic heterocycles. The molecule has 0 aromatic carbocycles. The lowest BCUT2D eigenvalue weighted by Crippen LogP contribution is -2.31. The Kier molecular flexibility index (Phi) is 3.38. The molecule has 102 valence electrons. The number of nitrogens with one attached hydrogen (secondary N) is 1. The summed E-state index contributed by atoms with van der Waals surface area (Å²) in [5, 5.41) is 7.74. The molecule has 0 atom stereocenters.